The van der Waals surface area contributed by atoms with Crippen LogP contribution in [-0.2, 0) is 4.84 Å². The Balaban J connectivity index is 2.38. The number of hydrogen-bond donors (Lipinski definition) is 1. The fraction of sp³-hybridized carbons (Fsp3) is 0.250. The third kappa shape index (κ3) is 1.26. The number of hydrogen-bond acceptors (Lipinski definition) is 3. The minimum Gasteiger partial charge on any atom is -0.373 e. The Morgan fingerprint density at radius 3 is 3.71 bits per heavy atom. The normalized spacial score (nSPS) is 17.1. The Bertz CT molecular complexity index is 85.9. The molecule has 3 nitrogen and oxygen atoms in total. The molecular formula is C4H6N2O. The average molecular weight is 98.1 g/mol. The van der Waals surface area contributed by atoms with Crippen LogP contribution >= 0.6 is 0 Å². The molecule has 38 valence electrons. The van der Waals surface area contributed by atoms with Gasteiger partial charge in [-0.1, -0.05) is 0 Å². The molecule has 0 saturated heterocycles. The Morgan fingerprint density at radius 1 is 1.71 bits per heavy atom. The lowest BCUT2D eigenvalue weighted by molar-refractivity contribution is 0.140. The molecule has 0 spiro atoms. The molecule has 1 aliphatic rings. The van der Waals surface area contributed by atoms with Crippen LogP contribution in [0.1, 0.15) is 6.42 Å². The fourth-order valence-corrected chi connectivity index (χ4v) is 0.315. The molecule has 0 radical (unpaired) electrons. The van der Waals surface area contributed by atoms with E-state index in [0.717, 1.165) is 6.42 Å². The second kappa shape index (κ2) is 2.23. The lowest BCUT2D eigenvalue weighted by Gasteiger charge is -1.89. The molecule has 0 fully saturated rings. The van der Waals surface area contributed by atoms with Crippen molar-refractivity contribution < 1.29 is 4.84 Å². The van der Waals surface area contributed by atoms with Crippen molar-refractivity contribution in [2.45, 2.75) is 6.42 Å². The summed E-state index contributed by atoms with van der Waals surface area (Å²) in [5.74, 6) is 0. The molecule has 7 heavy (non-hydrogen) atoms. The molecule has 0 amide bonds. The van der Waals surface area contributed by atoms with Gasteiger partial charge in [-0.15, -0.1) is 5.59 Å². The highest BCUT2D eigenvalue weighted by Crippen LogP contribution is 1.82. The molecule has 3 heteroatoms. The highest BCUT2D eigenvalue weighted by Gasteiger charge is 1.77. The third-order valence-corrected chi connectivity index (χ3v) is 0.602. The van der Waals surface area contributed by atoms with Crippen molar-refractivity contribution in [2.24, 2.45) is 5.10 Å². The van der Waals surface area contributed by atoms with Crippen LogP contribution in [0.4, 0.5) is 0 Å². The minimum absolute atomic E-state index is 0.840. The molecule has 0 aromatic carbocycles. The number of hydrazone groups is 1. The maximum atomic E-state index is 4.57. The highest BCUT2D eigenvalue weighted by molar-refractivity contribution is 5.58. The molecule has 0 aromatic rings. The van der Waals surface area contributed by atoms with Crippen LogP contribution in [0.15, 0.2) is 17.4 Å². The molecule has 0 bridgehead atoms. The van der Waals surface area contributed by atoms with Gasteiger partial charge in [0.15, 0.2) is 0 Å². The van der Waals surface area contributed by atoms with Crippen molar-refractivity contribution in [2.75, 3.05) is 0 Å². The largest absolute Gasteiger partial charge is 0.373 e. The van der Waals surface area contributed by atoms with E-state index in [4.69, 9.17) is 0 Å². The van der Waals surface area contributed by atoms with Gasteiger partial charge in [-0.3, -0.25) is 0 Å². The Hall–Kier alpha value is -0.990. The van der Waals surface area contributed by atoms with Crippen molar-refractivity contribution in [3.63, 3.8) is 0 Å². The molecule has 1 aliphatic heterocycles. The summed E-state index contributed by atoms with van der Waals surface area (Å²) in [6, 6.07) is 0. The van der Waals surface area contributed by atoms with Gasteiger partial charge in [0.1, 0.15) is 6.26 Å². The SMILES string of the molecule is C1=CONN=CC1. The Morgan fingerprint density at radius 2 is 2.71 bits per heavy atom. The molecule has 0 unspecified atom stereocenters. The maximum Gasteiger partial charge on any atom is 0.117 e. The number of allylic oxidation sites excluding steroid dienone is 1. The summed E-state index contributed by atoms with van der Waals surface area (Å²) < 4.78 is 0. The van der Waals surface area contributed by atoms with Crippen LogP contribution in [0, 0.1) is 0 Å². The summed E-state index contributed by atoms with van der Waals surface area (Å²) in [5, 5.41) is 3.61. The van der Waals surface area contributed by atoms with E-state index in [-0.39, 0.29) is 0 Å². The lowest BCUT2D eigenvalue weighted by atomic mass is 10.5. The van der Waals surface area contributed by atoms with Gasteiger partial charge in [0.2, 0.25) is 0 Å². The summed E-state index contributed by atoms with van der Waals surface area (Å²) in [5.41, 5.74) is 2.33. The van der Waals surface area contributed by atoms with Crippen molar-refractivity contribution in [1.82, 2.24) is 5.59 Å². The molecule has 0 aliphatic carbocycles. The maximum absolute atomic E-state index is 4.57. The van der Waals surface area contributed by atoms with Crippen molar-refractivity contribution >= 4 is 6.21 Å². The minimum atomic E-state index is 0.840. The summed E-state index contributed by atoms with van der Waals surface area (Å²) >= 11 is 0. The molecule has 0 aromatic heterocycles. The highest BCUT2D eigenvalue weighted by atomic mass is 16.7. The third-order valence-electron chi connectivity index (χ3n) is 0.602. The second-order valence-electron chi connectivity index (χ2n) is 1.13. The monoisotopic (exact) mass is 98.0 g/mol. The van der Waals surface area contributed by atoms with Gasteiger partial charge in [-0.2, -0.15) is 5.10 Å². The molecule has 1 heterocycles. The van der Waals surface area contributed by atoms with Gasteiger partial charge in [0.05, 0.1) is 0 Å². The van der Waals surface area contributed by atoms with Gasteiger partial charge in [0.25, 0.3) is 0 Å². The first-order valence-corrected chi connectivity index (χ1v) is 2.07. The van der Waals surface area contributed by atoms with E-state index in [0.29, 0.717) is 0 Å². The molecule has 0 atom stereocenters. The number of rotatable bonds is 0. The lowest BCUT2D eigenvalue weighted by Crippen LogP contribution is -1.98. The first kappa shape index (κ1) is 4.18. The first-order valence-electron chi connectivity index (χ1n) is 2.07. The van der Waals surface area contributed by atoms with E-state index in [1.54, 1.807) is 12.5 Å². The zero-order chi connectivity index (χ0) is 4.95. The Kier molecular flexibility index (Phi) is 1.33. The average Bonchev–Trinajstić information content (AvgIpc) is 1.90. The zero-order valence-corrected chi connectivity index (χ0v) is 3.79. The smallest absolute Gasteiger partial charge is 0.117 e. The second-order valence-corrected chi connectivity index (χ2v) is 1.13. The van der Waals surface area contributed by atoms with E-state index in [1.165, 1.54) is 0 Å². The predicted molar refractivity (Wildman–Crippen MR) is 26.5 cm³/mol. The quantitative estimate of drug-likeness (QED) is 0.476. The van der Waals surface area contributed by atoms with Crippen LogP contribution < -0.4 is 5.59 Å². The van der Waals surface area contributed by atoms with Crippen LogP contribution in [0.2, 0.25) is 0 Å². The zero-order valence-electron chi connectivity index (χ0n) is 3.79. The van der Waals surface area contributed by atoms with Crippen molar-refractivity contribution in [3.05, 3.63) is 12.3 Å². The van der Waals surface area contributed by atoms with Crippen LogP contribution in [0.5, 0.6) is 0 Å². The van der Waals surface area contributed by atoms with Gasteiger partial charge < -0.3 is 4.84 Å². The van der Waals surface area contributed by atoms with Crippen LogP contribution in [-0.4, -0.2) is 6.21 Å². The van der Waals surface area contributed by atoms with E-state index in [9.17, 15) is 0 Å². The van der Waals surface area contributed by atoms with Gasteiger partial charge in [-0.05, 0) is 6.08 Å². The fourth-order valence-electron chi connectivity index (χ4n) is 0.315. The summed E-state index contributed by atoms with van der Waals surface area (Å²) in [4.78, 5) is 4.57. The standard InChI is InChI=1S/C4H6N2O/c1-2-4-7-6-5-3-1/h2-4,6H,1H2. The summed E-state index contributed by atoms with van der Waals surface area (Å²) in [6.45, 7) is 0. The van der Waals surface area contributed by atoms with Crippen LogP contribution in [0.3, 0.4) is 0 Å². The van der Waals surface area contributed by atoms with E-state index in [1.807, 2.05) is 6.08 Å². The van der Waals surface area contributed by atoms with E-state index < -0.39 is 0 Å². The van der Waals surface area contributed by atoms with E-state index >= 15 is 0 Å². The van der Waals surface area contributed by atoms with E-state index in [2.05, 4.69) is 15.5 Å². The summed E-state index contributed by atoms with van der Waals surface area (Å²) in [7, 11) is 0. The first-order chi connectivity index (χ1) is 3.50. The Labute approximate surface area is 41.6 Å². The van der Waals surface area contributed by atoms with Crippen LogP contribution in [0.25, 0.3) is 0 Å². The topological polar surface area (TPSA) is 33.6 Å². The van der Waals surface area contributed by atoms with Gasteiger partial charge in [-0.25, -0.2) is 0 Å². The number of nitrogens with one attached hydrogen (secondary N) is 1. The number of nitrogens with zero attached hydrogens (tertiary/aromatic N) is 1. The predicted octanol–water partition coefficient (Wildman–Crippen LogP) is 0.411. The van der Waals surface area contributed by atoms with Crippen molar-refractivity contribution in [1.29, 1.82) is 0 Å². The van der Waals surface area contributed by atoms with Gasteiger partial charge >= 0.3 is 0 Å². The summed E-state index contributed by atoms with van der Waals surface area (Å²) in [6.07, 6.45) is 5.99. The molecule has 1 N–H and O–H groups in total. The molecular weight excluding hydrogens is 92.1 g/mol. The molecule has 1 rings (SSSR count). The van der Waals surface area contributed by atoms with Gasteiger partial charge in [0, 0.05) is 12.6 Å². The molecule has 0 saturated carbocycles. The van der Waals surface area contributed by atoms with Crippen molar-refractivity contribution in [3.8, 4) is 0 Å².